The molecule has 0 amide bonds. The molecule has 0 aromatic heterocycles. The molecule has 0 unspecified atom stereocenters. The SMILES string of the molecule is CC(C)c1ccc(OCc2ccccc2C(N)=S)cc1. The zero-order valence-corrected chi connectivity index (χ0v) is 12.6. The molecule has 0 saturated heterocycles. The number of benzene rings is 2. The van der Waals surface area contributed by atoms with E-state index in [9.17, 15) is 0 Å². The van der Waals surface area contributed by atoms with Crippen molar-refractivity contribution in [2.75, 3.05) is 0 Å². The van der Waals surface area contributed by atoms with Crippen LogP contribution >= 0.6 is 12.2 Å². The fourth-order valence-electron chi connectivity index (χ4n) is 2.00. The molecule has 2 N–H and O–H groups in total. The fraction of sp³-hybridized carbons (Fsp3) is 0.235. The van der Waals surface area contributed by atoms with Crippen LogP contribution in [-0.4, -0.2) is 4.99 Å². The Labute approximate surface area is 125 Å². The van der Waals surface area contributed by atoms with Crippen LogP contribution in [0, 0.1) is 0 Å². The van der Waals surface area contributed by atoms with Crippen molar-refractivity contribution in [2.45, 2.75) is 26.4 Å². The molecular formula is C17H19NOS. The van der Waals surface area contributed by atoms with E-state index in [4.69, 9.17) is 22.7 Å². The molecule has 0 heterocycles. The molecule has 2 aromatic carbocycles. The van der Waals surface area contributed by atoms with Crippen LogP contribution in [0.1, 0.15) is 36.5 Å². The van der Waals surface area contributed by atoms with Crippen LogP contribution in [-0.2, 0) is 6.61 Å². The van der Waals surface area contributed by atoms with Gasteiger partial charge in [-0.1, -0.05) is 62.5 Å². The smallest absolute Gasteiger partial charge is 0.119 e. The van der Waals surface area contributed by atoms with Gasteiger partial charge in [0.1, 0.15) is 17.3 Å². The number of hydrogen-bond acceptors (Lipinski definition) is 2. The molecule has 0 spiro atoms. The van der Waals surface area contributed by atoms with Crippen molar-refractivity contribution < 1.29 is 4.74 Å². The van der Waals surface area contributed by atoms with Crippen LogP contribution < -0.4 is 10.5 Å². The summed E-state index contributed by atoms with van der Waals surface area (Å²) in [6, 6.07) is 16.0. The summed E-state index contributed by atoms with van der Waals surface area (Å²) in [4.78, 5) is 0.402. The number of hydrogen-bond donors (Lipinski definition) is 1. The van der Waals surface area contributed by atoms with Gasteiger partial charge in [0, 0.05) is 5.56 Å². The van der Waals surface area contributed by atoms with Crippen LogP contribution in [0.15, 0.2) is 48.5 Å². The second-order valence-electron chi connectivity index (χ2n) is 5.03. The summed E-state index contributed by atoms with van der Waals surface area (Å²) in [6.45, 7) is 4.82. The van der Waals surface area contributed by atoms with Gasteiger partial charge in [0.2, 0.25) is 0 Å². The molecule has 0 saturated carbocycles. The third kappa shape index (κ3) is 3.58. The van der Waals surface area contributed by atoms with E-state index in [2.05, 4.69) is 26.0 Å². The van der Waals surface area contributed by atoms with E-state index in [0.717, 1.165) is 16.9 Å². The van der Waals surface area contributed by atoms with E-state index >= 15 is 0 Å². The van der Waals surface area contributed by atoms with Crippen molar-refractivity contribution in [3.63, 3.8) is 0 Å². The maximum Gasteiger partial charge on any atom is 0.119 e. The summed E-state index contributed by atoms with van der Waals surface area (Å²) < 4.78 is 5.80. The molecule has 0 radical (unpaired) electrons. The third-order valence-electron chi connectivity index (χ3n) is 3.22. The minimum atomic E-state index is 0.402. The van der Waals surface area contributed by atoms with E-state index in [-0.39, 0.29) is 0 Å². The number of rotatable bonds is 5. The molecule has 20 heavy (non-hydrogen) atoms. The lowest BCUT2D eigenvalue weighted by molar-refractivity contribution is 0.306. The molecule has 0 atom stereocenters. The van der Waals surface area contributed by atoms with Crippen LogP contribution in [0.3, 0.4) is 0 Å². The highest BCUT2D eigenvalue weighted by molar-refractivity contribution is 7.80. The molecule has 2 rings (SSSR count). The molecule has 0 aliphatic carbocycles. The Balaban J connectivity index is 2.07. The normalized spacial score (nSPS) is 10.6. The Morgan fingerprint density at radius 3 is 2.35 bits per heavy atom. The second kappa shape index (κ2) is 6.53. The van der Waals surface area contributed by atoms with Gasteiger partial charge < -0.3 is 10.5 Å². The van der Waals surface area contributed by atoms with Crippen LogP contribution in [0.25, 0.3) is 0 Å². The Morgan fingerprint density at radius 2 is 1.75 bits per heavy atom. The average Bonchev–Trinajstić information content (AvgIpc) is 2.45. The standard InChI is InChI=1S/C17H19NOS/c1-12(2)13-7-9-15(10-8-13)19-11-14-5-3-4-6-16(14)17(18)20/h3-10,12H,11H2,1-2H3,(H2,18,20). The number of nitrogens with two attached hydrogens (primary N) is 1. The number of thiocarbonyl (C=S) groups is 1. The molecule has 0 fully saturated rings. The summed E-state index contributed by atoms with van der Waals surface area (Å²) in [7, 11) is 0. The Bertz CT molecular complexity index is 590. The lowest BCUT2D eigenvalue weighted by Gasteiger charge is -2.11. The van der Waals surface area contributed by atoms with Gasteiger partial charge in [-0.25, -0.2) is 0 Å². The summed E-state index contributed by atoms with van der Waals surface area (Å²) in [5, 5.41) is 0. The molecule has 0 aliphatic rings. The molecule has 3 heteroatoms. The first-order valence-electron chi connectivity index (χ1n) is 6.68. The highest BCUT2D eigenvalue weighted by Crippen LogP contribution is 2.20. The third-order valence-corrected chi connectivity index (χ3v) is 3.44. The molecule has 0 bridgehead atoms. The molecule has 0 aliphatic heterocycles. The van der Waals surface area contributed by atoms with Crippen molar-refractivity contribution in [3.8, 4) is 5.75 Å². The summed E-state index contributed by atoms with van der Waals surface area (Å²) in [5.74, 6) is 1.38. The first kappa shape index (κ1) is 14.5. The largest absolute Gasteiger partial charge is 0.489 e. The zero-order chi connectivity index (χ0) is 14.5. The molecular weight excluding hydrogens is 266 g/mol. The van der Waals surface area contributed by atoms with E-state index in [1.165, 1.54) is 5.56 Å². The van der Waals surface area contributed by atoms with Crippen LogP contribution in [0.2, 0.25) is 0 Å². The van der Waals surface area contributed by atoms with Gasteiger partial charge in [-0.2, -0.15) is 0 Å². The molecule has 2 nitrogen and oxygen atoms in total. The minimum Gasteiger partial charge on any atom is -0.489 e. The van der Waals surface area contributed by atoms with Gasteiger partial charge in [-0.05, 0) is 29.2 Å². The van der Waals surface area contributed by atoms with E-state index < -0.39 is 0 Å². The Hall–Kier alpha value is -1.87. The van der Waals surface area contributed by atoms with Crippen molar-refractivity contribution in [3.05, 3.63) is 65.2 Å². The van der Waals surface area contributed by atoms with Gasteiger partial charge in [-0.3, -0.25) is 0 Å². The first-order valence-corrected chi connectivity index (χ1v) is 7.09. The lowest BCUT2D eigenvalue weighted by atomic mass is 10.0. The highest BCUT2D eigenvalue weighted by Gasteiger charge is 2.05. The van der Waals surface area contributed by atoms with Gasteiger partial charge in [0.25, 0.3) is 0 Å². The van der Waals surface area contributed by atoms with E-state index in [0.29, 0.717) is 17.5 Å². The monoisotopic (exact) mass is 285 g/mol. The summed E-state index contributed by atoms with van der Waals surface area (Å²) >= 11 is 5.05. The average molecular weight is 285 g/mol. The van der Waals surface area contributed by atoms with Gasteiger partial charge >= 0.3 is 0 Å². The van der Waals surface area contributed by atoms with Crippen LogP contribution in [0.5, 0.6) is 5.75 Å². The Morgan fingerprint density at radius 1 is 1.10 bits per heavy atom. The van der Waals surface area contributed by atoms with E-state index in [1.807, 2.05) is 36.4 Å². The maximum atomic E-state index is 5.80. The van der Waals surface area contributed by atoms with Crippen molar-refractivity contribution in [2.24, 2.45) is 5.73 Å². The molecule has 104 valence electrons. The summed E-state index contributed by atoms with van der Waals surface area (Å²) in [6.07, 6.45) is 0. The van der Waals surface area contributed by atoms with Gasteiger partial charge in [0.15, 0.2) is 0 Å². The fourth-order valence-corrected chi connectivity index (χ4v) is 2.20. The van der Waals surface area contributed by atoms with Crippen molar-refractivity contribution in [1.82, 2.24) is 0 Å². The topological polar surface area (TPSA) is 35.2 Å². The van der Waals surface area contributed by atoms with Crippen LogP contribution in [0.4, 0.5) is 0 Å². The highest BCUT2D eigenvalue weighted by atomic mass is 32.1. The van der Waals surface area contributed by atoms with Gasteiger partial charge in [0.05, 0.1) is 0 Å². The van der Waals surface area contributed by atoms with Gasteiger partial charge in [-0.15, -0.1) is 0 Å². The predicted octanol–water partition coefficient (Wildman–Crippen LogP) is 4.02. The predicted molar refractivity (Wildman–Crippen MR) is 87.2 cm³/mol. The quantitative estimate of drug-likeness (QED) is 0.843. The first-order chi connectivity index (χ1) is 9.58. The molecule has 2 aromatic rings. The number of ether oxygens (including phenoxy) is 1. The van der Waals surface area contributed by atoms with Crippen molar-refractivity contribution >= 4 is 17.2 Å². The Kier molecular flexibility index (Phi) is 4.74. The summed E-state index contributed by atoms with van der Waals surface area (Å²) in [5.41, 5.74) is 8.90. The second-order valence-corrected chi connectivity index (χ2v) is 5.47. The lowest BCUT2D eigenvalue weighted by Crippen LogP contribution is -2.13. The minimum absolute atomic E-state index is 0.402. The maximum absolute atomic E-state index is 5.80. The van der Waals surface area contributed by atoms with E-state index in [1.54, 1.807) is 0 Å². The zero-order valence-electron chi connectivity index (χ0n) is 11.8. The van der Waals surface area contributed by atoms with Crippen molar-refractivity contribution in [1.29, 1.82) is 0 Å².